The fourth-order valence-electron chi connectivity index (χ4n) is 5.15. The number of carbonyl (C=O) groups excluding carboxylic acids is 2. The smallest absolute Gasteiger partial charge is 0.373 e. The molecule has 0 spiro atoms. The lowest BCUT2D eigenvalue weighted by Gasteiger charge is -2.38. The van der Waals surface area contributed by atoms with Gasteiger partial charge in [-0.1, -0.05) is 66.7 Å². The third-order valence-electron chi connectivity index (χ3n) is 7.53. The number of hydrogen-bond acceptors (Lipinski definition) is 6. The summed E-state index contributed by atoms with van der Waals surface area (Å²) in [6, 6.07) is 23.4. The van der Waals surface area contributed by atoms with Crippen LogP contribution in [0.5, 0.6) is 0 Å². The van der Waals surface area contributed by atoms with Gasteiger partial charge in [0, 0.05) is 51.2 Å². The lowest BCUT2D eigenvalue weighted by Crippen LogP contribution is -2.57. The molecule has 43 heavy (non-hydrogen) atoms. The highest BCUT2D eigenvalue weighted by atomic mass is 32.2. The Morgan fingerprint density at radius 1 is 0.698 bits per heavy atom. The number of piperazine rings is 1. The quantitative estimate of drug-likeness (QED) is 0.282. The highest BCUT2D eigenvalue weighted by molar-refractivity contribution is 7.88. The van der Waals surface area contributed by atoms with Gasteiger partial charge in [0.15, 0.2) is 0 Å². The van der Waals surface area contributed by atoms with Crippen molar-refractivity contribution in [1.82, 2.24) is 13.5 Å². The van der Waals surface area contributed by atoms with E-state index in [1.54, 1.807) is 15.9 Å². The van der Waals surface area contributed by atoms with Gasteiger partial charge in [0.1, 0.15) is 5.57 Å². The van der Waals surface area contributed by atoms with Crippen molar-refractivity contribution in [3.63, 3.8) is 0 Å². The SMILES string of the molecule is O=C1C(=CN2CCN(c3cccc(C(F)(F)F)c3)CC2)C(=O)N(CCc2ccccc2)S(=O)(=O)N1CCc1ccccc1. The van der Waals surface area contributed by atoms with Crippen LogP contribution in [0.3, 0.4) is 0 Å². The van der Waals surface area contributed by atoms with E-state index < -0.39 is 33.8 Å². The van der Waals surface area contributed by atoms with Crippen LogP contribution in [-0.4, -0.2) is 73.0 Å². The van der Waals surface area contributed by atoms with Gasteiger partial charge in [0.25, 0.3) is 11.8 Å². The molecule has 3 aromatic rings. The molecule has 2 aliphatic rings. The Kier molecular flexibility index (Phi) is 8.77. The van der Waals surface area contributed by atoms with Crippen molar-refractivity contribution in [2.45, 2.75) is 19.0 Å². The average molecular weight is 613 g/mol. The number of rotatable bonds is 8. The van der Waals surface area contributed by atoms with Crippen LogP contribution in [0.15, 0.2) is 96.7 Å². The van der Waals surface area contributed by atoms with Gasteiger partial charge in [0.2, 0.25) is 0 Å². The van der Waals surface area contributed by atoms with Gasteiger partial charge in [-0.3, -0.25) is 9.59 Å². The summed E-state index contributed by atoms with van der Waals surface area (Å²) in [5.74, 6) is -1.78. The Balaban J connectivity index is 1.36. The van der Waals surface area contributed by atoms with Gasteiger partial charge in [0.05, 0.1) is 5.56 Å². The molecule has 2 saturated heterocycles. The molecule has 0 bridgehead atoms. The highest BCUT2D eigenvalue weighted by Gasteiger charge is 2.46. The van der Waals surface area contributed by atoms with E-state index in [1.165, 1.54) is 12.3 Å². The number of halogens is 3. The minimum atomic E-state index is -4.46. The molecule has 0 aromatic heterocycles. The van der Waals surface area contributed by atoms with Gasteiger partial charge < -0.3 is 9.80 Å². The van der Waals surface area contributed by atoms with E-state index in [2.05, 4.69) is 0 Å². The molecule has 8 nitrogen and oxygen atoms in total. The Bertz CT molecular complexity index is 1520. The van der Waals surface area contributed by atoms with E-state index in [4.69, 9.17) is 0 Å². The van der Waals surface area contributed by atoms with Crippen molar-refractivity contribution in [2.75, 3.05) is 44.2 Å². The lowest BCUT2D eigenvalue weighted by atomic mass is 10.1. The van der Waals surface area contributed by atoms with E-state index in [0.29, 0.717) is 31.9 Å². The summed E-state index contributed by atoms with van der Waals surface area (Å²) in [6.07, 6.45) is -2.51. The molecule has 0 radical (unpaired) electrons. The molecular weight excluding hydrogens is 581 g/mol. The van der Waals surface area contributed by atoms with Crippen molar-refractivity contribution in [3.05, 3.63) is 113 Å². The number of alkyl halides is 3. The number of nitrogens with zero attached hydrogens (tertiary/aromatic N) is 4. The zero-order chi connectivity index (χ0) is 30.6. The van der Waals surface area contributed by atoms with Crippen molar-refractivity contribution < 1.29 is 31.2 Å². The molecule has 0 N–H and O–H groups in total. The molecule has 2 amide bonds. The van der Waals surface area contributed by atoms with E-state index in [-0.39, 0.29) is 31.5 Å². The minimum absolute atomic E-state index is 0.138. The summed E-state index contributed by atoms with van der Waals surface area (Å²) in [6.45, 7) is 1.06. The van der Waals surface area contributed by atoms with E-state index >= 15 is 0 Å². The van der Waals surface area contributed by atoms with E-state index in [9.17, 15) is 31.2 Å². The predicted octanol–water partition coefficient (Wildman–Crippen LogP) is 4.11. The number of carbonyl (C=O) groups is 2. The summed E-state index contributed by atoms with van der Waals surface area (Å²) in [7, 11) is -4.43. The number of anilines is 1. The monoisotopic (exact) mass is 612 g/mol. The van der Waals surface area contributed by atoms with E-state index in [1.807, 2.05) is 60.7 Å². The molecule has 2 fully saturated rings. The molecule has 0 unspecified atom stereocenters. The fourth-order valence-corrected chi connectivity index (χ4v) is 6.65. The molecule has 226 valence electrons. The molecular formula is C31H31F3N4O4S. The summed E-state index contributed by atoms with van der Waals surface area (Å²) in [5.41, 5.74) is 1.12. The zero-order valence-electron chi connectivity index (χ0n) is 23.3. The van der Waals surface area contributed by atoms with Gasteiger partial charge in [-0.25, -0.2) is 8.61 Å². The predicted molar refractivity (Wildman–Crippen MR) is 156 cm³/mol. The molecule has 5 rings (SSSR count). The molecule has 3 aromatic carbocycles. The number of amides is 2. The van der Waals surface area contributed by atoms with Crippen molar-refractivity contribution in [2.24, 2.45) is 0 Å². The van der Waals surface area contributed by atoms with Crippen LogP contribution in [0.2, 0.25) is 0 Å². The number of hydrogen-bond donors (Lipinski definition) is 0. The van der Waals surface area contributed by atoms with Crippen LogP contribution >= 0.6 is 0 Å². The maximum Gasteiger partial charge on any atom is 0.416 e. The summed E-state index contributed by atoms with van der Waals surface area (Å²) in [5, 5.41) is 0. The van der Waals surface area contributed by atoms with Crippen LogP contribution in [0.25, 0.3) is 0 Å². The van der Waals surface area contributed by atoms with Crippen molar-refractivity contribution >= 4 is 27.7 Å². The first-order valence-corrected chi connectivity index (χ1v) is 15.3. The second-order valence-corrected chi connectivity index (χ2v) is 12.1. The molecule has 0 aliphatic carbocycles. The third-order valence-corrected chi connectivity index (χ3v) is 9.34. The molecule has 2 aliphatic heterocycles. The minimum Gasteiger partial charge on any atom is -0.373 e. The maximum absolute atomic E-state index is 13.6. The fraction of sp³-hybridized carbons (Fsp3) is 0.290. The Morgan fingerprint density at radius 3 is 1.70 bits per heavy atom. The molecule has 2 heterocycles. The maximum atomic E-state index is 13.6. The second-order valence-electron chi connectivity index (χ2n) is 10.3. The first-order valence-electron chi connectivity index (χ1n) is 13.9. The molecule has 0 atom stereocenters. The standard InChI is InChI=1S/C31H31F3N4O4S/c32-31(33,34)26-12-7-13-27(22-26)36-20-18-35(19-21-36)23-28-29(39)37(16-14-24-8-3-1-4-9-24)43(41,42)38(30(28)40)17-15-25-10-5-2-6-11-25/h1-13,22-23H,14-21H2. The first kappa shape index (κ1) is 30.1. The third kappa shape index (κ3) is 6.85. The normalized spacial score (nSPS) is 17.4. The van der Waals surface area contributed by atoms with E-state index in [0.717, 1.165) is 31.9 Å². The van der Waals surface area contributed by atoms with Crippen LogP contribution in [0, 0.1) is 0 Å². The molecule has 0 saturated carbocycles. The second kappa shape index (κ2) is 12.5. The Morgan fingerprint density at radius 2 is 1.21 bits per heavy atom. The van der Waals surface area contributed by atoms with Crippen LogP contribution < -0.4 is 4.90 Å². The van der Waals surface area contributed by atoms with Crippen LogP contribution in [0.1, 0.15) is 16.7 Å². The topological polar surface area (TPSA) is 81.2 Å². The lowest BCUT2D eigenvalue weighted by molar-refractivity contribution is -0.137. The highest BCUT2D eigenvalue weighted by Crippen LogP contribution is 2.32. The average Bonchev–Trinajstić information content (AvgIpc) is 3.00. The Labute approximate surface area is 248 Å². The van der Waals surface area contributed by atoms with Crippen LogP contribution in [-0.2, 0) is 38.8 Å². The number of benzene rings is 3. The van der Waals surface area contributed by atoms with Gasteiger partial charge in [-0.2, -0.15) is 21.6 Å². The Hall–Kier alpha value is -4.32. The van der Waals surface area contributed by atoms with Crippen molar-refractivity contribution in [3.8, 4) is 0 Å². The first-order chi connectivity index (χ1) is 20.5. The summed E-state index contributed by atoms with van der Waals surface area (Å²) in [4.78, 5) is 30.7. The van der Waals surface area contributed by atoms with Gasteiger partial charge in [-0.05, 0) is 42.2 Å². The largest absolute Gasteiger partial charge is 0.416 e. The van der Waals surface area contributed by atoms with Crippen LogP contribution in [0.4, 0.5) is 18.9 Å². The molecule has 12 heteroatoms. The van der Waals surface area contributed by atoms with Gasteiger partial charge in [-0.15, -0.1) is 0 Å². The summed E-state index contributed by atoms with van der Waals surface area (Å²) < 4.78 is 68.3. The van der Waals surface area contributed by atoms with Crippen molar-refractivity contribution in [1.29, 1.82) is 0 Å². The zero-order valence-corrected chi connectivity index (χ0v) is 24.1. The van der Waals surface area contributed by atoms with Gasteiger partial charge >= 0.3 is 16.4 Å². The summed E-state index contributed by atoms with van der Waals surface area (Å²) >= 11 is 0.